The summed E-state index contributed by atoms with van der Waals surface area (Å²) in [4.78, 5) is 12.5. The zero-order valence-corrected chi connectivity index (χ0v) is 16.8. The molecule has 2 aliphatic heterocycles. The molecule has 0 saturated carbocycles. The Bertz CT molecular complexity index is 1030. The predicted molar refractivity (Wildman–Crippen MR) is 104 cm³/mol. The van der Waals surface area contributed by atoms with Crippen LogP contribution in [0, 0.1) is 6.92 Å². The maximum Gasteiger partial charge on any atom is 0.339 e. The van der Waals surface area contributed by atoms with E-state index >= 15 is 0 Å². The number of sulfonamides is 1. The lowest BCUT2D eigenvalue weighted by Crippen LogP contribution is -2.48. The second-order valence-corrected chi connectivity index (χ2v) is 9.16. The van der Waals surface area contributed by atoms with E-state index in [4.69, 9.17) is 9.47 Å². The molecule has 28 heavy (non-hydrogen) atoms. The highest BCUT2D eigenvalue weighted by Crippen LogP contribution is 2.44. The molecule has 1 saturated heterocycles. The van der Waals surface area contributed by atoms with E-state index in [0.717, 1.165) is 11.1 Å². The van der Waals surface area contributed by atoms with E-state index in [1.54, 1.807) is 24.3 Å². The molecule has 0 aromatic heterocycles. The Hall–Kier alpha value is -2.38. The monoisotopic (exact) mass is 401 g/mol. The average Bonchev–Trinajstić information content (AvgIpc) is 2.95. The van der Waals surface area contributed by atoms with Gasteiger partial charge >= 0.3 is 5.97 Å². The smallest absolute Gasteiger partial charge is 0.339 e. The molecule has 1 spiro atoms. The van der Waals surface area contributed by atoms with E-state index in [2.05, 4.69) is 0 Å². The number of aryl methyl sites for hydroxylation is 1. The first-order valence-corrected chi connectivity index (χ1v) is 10.9. The van der Waals surface area contributed by atoms with Gasteiger partial charge in [0, 0.05) is 12.1 Å². The molecule has 0 N–H and O–H groups in total. The molecular weight excluding hydrogens is 378 g/mol. The van der Waals surface area contributed by atoms with E-state index in [9.17, 15) is 13.2 Å². The quantitative estimate of drug-likeness (QED) is 0.736. The van der Waals surface area contributed by atoms with Crippen LogP contribution in [-0.2, 0) is 20.4 Å². The summed E-state index contributed by atoms with van der Waals surface area (Å²) >= 11 is 0. The van der Waals surface area contributed by atoms with Crippen molar-refractivity contribution in [2.24, 2.45) is 0 Å². The van der Waals surface area contributed by atoms with Gasteiger partial charge in [-0.05, 0) is 50.5 Å². The first kappa shape index (κ1) is 19.0. The average molecular weight is 401 g/mol. The van der Waals surface area contributed by atoms with E-state index in [0.29, 0.717) is 37.3 Å². The van der Waals surface area contributed by atoms with Gasteiger partial charge in [0.1, 0.15) is 10.6 Å². The number of benzene rings is 2. The van der Waals surface area contributed by atoms with Crippen LogP contribution in [0.2, 0.25) is 0 Å². The van der Waals surface area contributed by atoms with Gasteiger partial charge in [-0.25, -0.2) is 13.2 Å². The van der Waals surface area contributed by atoms with Crippen molar-refractivity contribution >= 4 is 16.0 Å². The number of esters is 1. The van der Waals surface area contributed by atoms with Gasteiger partial charge in [-0.1, -0.05) is 24.3 Å². The molecule has 0 aliphatic carbocycles. The Morgan fingerprint density at radius 3 is 2.79 bits per heavy atom. The molecule has 2 heterocycles. The fraction of sp³-hybridized carbons (Fsp3) is 0.381. The van der Waals surface area contributed by atoms with E-state index < -0.39 is 15.6 Å². The third kappa shape index (κ3) is 2.99. The molecule has 7 heteroatoms. The van der Waals surface area contributed by atoms with Gasteiger partial charge in [0.2, 0.25) is 10.0 Å². The highest BCUT2D eigenvalue weighted by molar-refractivity contribution is 7.89. The summed E-state index contributed by atoms with van der Waals surface area (Å²) in [5.74, 6) is -0.0445. The molecule has 2 aromatic carbocycles. The minimum Gasteiger partial charge on any atom is -0.492 e. The number of fused-ring (bicyclic) bond motifs is 2. The molecule has 1 unspecified atom stereocenters. The SMILES string of the molecule is CCOc1ccc(C)cc1S(=O)(=O)N1CCCC2(C1)OC(=O)c1ccccc12. The summed E-state index contributed by atoms with van der Waals surface area (Å²) in [6.45, 7) is 4.53. The lowest BCUT2D eigenvalue weighted by atomic mass is 9.86. The molecule has 1 fully saturated rings. The van der Waals surface area contributed by atoms with Gasteiger partial charge in [0.25, 0.3) is 0 Å². The van der Waals surface area contributed by atoms with Crippen LogP contribution in [0.15, 0.2) is 47.4 Å². The fourth-order valence-electron chi connectivity index (χ4n) is 4.07. The summed E-state index contributed by atoms with van der Waals surface area (Å²) in [5, 5.41) is 0. The van der Waals surface area contributed by atoms with Crippen LogP contribution in [0.25, 0.3) is 0 Å². The van der Waals surface area contributed by atoms with Crippen LogP contribution in [-0.4, -0.2) is 38.4 Å². The molecule has 0 bridgehead atoms. The molecule has 6 nitrogen and oxygen atoms in total. The van der Waals surface area contributed by atoms with Crippen molar-refractivity contribution in [2.75, 3.05) is 19.7 Å². The third-order valence-electron chi connectivity index (χ3n) is 5.36. The van der Waals surface area contributed by atoms with Crippen LogP contribution in [0.3, 0.4) is 0 Å². The van der Waals surface area contributed by atoms with Gasteiger partial charge in [-0.2, -0.15) is 4.31 Å². The van der Waals surface area contributed by atoms with Gasteiger partial charge < -0.3 is 9.47 Å². The van der Waals surface area contributed by atoms with E-state index in [1.807, 2.05) is 32.0 Å². The van der Waals surface area contributed by atoms with Crippen LogP contribution < -0.4 is 4.74 Å². The number of hydrogen-bond donors (Lipinski definition) is 0. The molecule has 4 rings (SSSR count). The number of nitrogens with zero attached hydrogens (tertiary/aromatic N) is 1. The first-order valence-electron chi connectivity index (χ1n) is 9.44. The van der Waals surface area contributed by atoms with Gasteiger partial charge in [0.15, 0.2) is 5.60 Å². The van der Waals surface area contributed by atoms with Crippen molar-refractivity contribution in [3.8, 4) is 5.75 Å². The number of piperidine rings is 1. The van der Waals surface area contributed by atoms with Gasteiger partial charge in [-0.15, -0.1) is 0 Å². The van der Waals surface area contributed by atoms with Crippen LogP contribution in [0.4, 0.5) is 0 Å². The summed E-state index contributed by atoms with van der Waals surface area (Å²) in [5.41, 5.74) is 1.21. The minimum absolute atomic E-state index is 0.109. The molecule has 2 aromatic rings. The number of hydrogen-bond acceptors (Lipinski definition) is 5. The normalized spacial score (nSPS) is 22.1. The van der Waals surface area contributed by atoms with Crippen molar-refractivity contribution in [2.45, 2.75) is 37.2 Å². The van der Waals surface area contributed by atoms with Crippen molar-refractivity contribution < 1.29 is 22.7 Å². The topological polar surface area (TPSA) is 72.9 Å². The lowest BCUT2D eigenvalue weighted by molar-refractivity contribution is -0.0345. The summed E-state index contributed by atoms with van der Waals surface area (Å²) in [7, 11) is -3.80. The van der Waals surface area contributed by atoms with Gasteiger partial charge in [0.05, 0.1) is 18.7 Å². The molecule has 0 radical (unpaired) electrons. The molecule has 0 amide bonds. The third-order valence-corrected chi connectivity index (χ3v) is 7.23. The second kappa shape index (κ2) is 6.90. The zero-order valence-electron chi connectivity index (χ0n) is 16.0. The largest absolute Gasteiger partial charge is 0.492 e. The van der Waals surface area contributed by atoms with Crippen molar-refractivity contribution in [1.82, 2.24) is 4.31 Å². The number of carbonyl (C=O) groups excluding carboxylic acids is 1. The van der Waals surface area contributed by atoms with Crippen molar-refractivity contribution in [1.29, 1.82) is 0 Å². The molecule has 1 atom stereocenters. The number of rotatable bonds is 4. The first-order chi connectivity index (χ1) is 13.4. The Balaban J connectivity index is 1.73. The second-order valence-electron chi connectivity index (χ2n) is 7.25. The van der Waals surface area contributed by atoms with Crippen LogP contribution in [0.5, 0.6) is 5.75 Å². The molecule has 2 aliphatic rings. The summed E-state index contributed by atoms with van der Waals surface area (Å²) < 4.78 is 39.7. The fourth-order valence-corrected chi connectivity index (χ4v) is 5.81. The standard InChI is InChI=1S/C21H23NO5S/c1-3-26-18-10-9-15(2)13-19(18)28(24,25)22-12-6-11-21(14-22)17-8-5-4-7-16(17)20(23)27-21/h4-5,7-10,13H,3,6,11-12,14H2,1-2H3. The van der Waals surface area contributed by atoms with Crippen LogP contribution in [0.1, 0.15) is 41.3 Å². The summed E-state index contributed by atoms with van der Waals surface area (Å²) in [6, 6.07) is 12.4. The highest BCUT2D eigenvalue weighted by Gasteiger charge is 2.50. The Morgan fingerprint density at radius 2 is 2.00 bits per heavy atom. The van der Waals surface area contributed by atoms with Crippen LogP contribution >= 0.6 is 0 Å². The molecular formula is C21H23NO5S. The van der Waals surface area contributed by atoms with E-state index in [-0.39, 0.29) is 17.4 Å². The van der Waals surface area contributed by atoms with Gasteiger partial charge in [-0.3, -0.25) is 0 Å². The summed E-state index contributed by atoms with van der Waals surface area (Å²) in [6.07, 6.45) is 1.21. The lowest BCUT2D eigenvalue weighted by Gasteiger charge is -2.39. The number of carbonyl (C=O) groups is 1. The highest BCUT2D eigenvalue weighted by atomic mass is 32.2. The Kier molecular flexibility index (Phi) is 4.67. The van der Waals surface area contributed by atoms with Crippen molar-refractivity contribution in [3.63, 3.8) is 0 Å². The van der Waals surface area contributed by atoms with Crippen molar-refractivity contribution in [3.05, 3.63) is 59.2 Å². The number of ether oxygens (including phenoxy) is 2. The maximum atomic E-state index is 13.5. The Labute approximate surface area is 165 Å². The minimum atomic E-state index is -3.80. The zero-order chi connectivity index (χ0) is 19.9. The Morgan fingerprint density at radius 1 is 1.21 bits per heavy atom. The molecule has 148 valence electrons. The van der Waals surface area contributed by atoms with E-state index in [1.165, 1.54) is 4.31 Å². The maximum absolute atomic E-state index is 13.5. The predicted octanol–water partition coefficient (Wildman–Crippen LogP) is 3.24.